The third-order valence-corrected chi connectivity index (χ3v) is 28.8. The summed E-state index contributed by atoms with van der Waals surface area (Å²) < 4.78 is 55.4. The molecule has 3 unspecified atom stereocenters. The van der Waals surface area contributed by atoms with Crippen LogP contribution in [-0.2, 0) is 48.4 Å². The first-order valence-corrected chi connectivity index (χ1v) is 30.7. The standard InChI is InChI=1S/C45H80O9Si3/c1-14-56(15-2,16-3)53-40(31-48-55(12,13)44(9,10)11)37-25-36-35(49-37)26-38-42(50-36)32(7)28-45(51-38)29-33(8)43(54-57(17-4,18-5)19-6)39(52-45)27-41(46)47-30-34-23-21-20-22-24-34/h20-24,32-33,35-40,42-43H,14-19,25-31H2,1-13H3/t32-,33-,35+,36+,37?,38-,39-,40?,42-,43?,45+/m0/s1. The molecule has 0 radical (unpaired) electrons. The second-order valence-corrected chi connectivity index (χ2v) is 33.8. The highest BCUT2D eigenvalue weighted by Gasteiger charge is 2.58. The first-order chi connectivity index (χ1) is 26.9. The van der Waals surface area contributed by atoms with E-state index in [1.807, 2.05) is 30.3 Å². The highest BCUT2D eigenvalue weighted by atomic mass is 28.4. The highest BCUT2D eigenvalue weighted by Crippen LogP contribution is 2.50. The summed E-state index contributed by atoms with van der Waals surface area (Å²) in [7, 11) is -5.98. The Morgan fingerprint density at radius 2 is 1.40 bits per heavy atom. The van der Waals surface area contributed by atoms with E-state index in [0.29, 0.717) is 19.4 Å². The van der Waals surface area contributed by atoms with E-state index in [-0.39, 0.29) is 78.6 Å². The van der Waals surface area contributed by atoms with Crippen LogP contribution in [0.25, 0.3) is 0 Å². The minimum atomic E-state index is -2.02. The smallest absolute Gasteiger partial charge is 0.308 e. The van der Waals surface area contributed by atoms with Gasteiger partial charge in [-0.05, 0) is 71.8 Å². The van der Waals surface area contributed by atoms with Crippen molar-refractivity contribution in [3.8, 4) is 0 Å². The number of carbonyl (C=O) groups is 1. The van der Waals surface area contributed by atoms with Gasteiger partial charge >= 0.3 is 5.97 Å². The molecule has 57 heavy (non-hydrogen) atoms. The van der Waals surface area contributed by atoms with Gasteiger partial charge in [0.25, 0.3) is 0 Å². The molecule has 1 aromatic carbocycles. The molecule has 11 atom stereocenters. The molecule has 4 aliphatic heterocycles. The van der Waals surface area contributed by atoms with E-state index in [2.05, 4.69) is 89.3 Å². The van der Waals surface area contributed by atoms with Crippen LogP contribution < -0.4 is 0 Å². The summed E-state index contributed by atoms with van der Waals surface area (Å²) >= 11 is 0. The predicted octanol–water partition coefficient (Wildman–Crippen LogP) is 10.8. The third kappa shape index (κ3) is 10.9. The molecular formula is C45H80O9Si3. The third-order valence-electron chi connectivity index (χ3n) is 15.0. The summed E-state index contributed by atoms with van der Waals surface area (Å²) in [6.45, 7) is 30.5. The molecule has 5 rings (SSSR count). The number of ether oxygens (including phenoxy) is 5. The fourth-order valence-corrected chi connectivity index (χ4v) is 16.6. The molecule has 12 heteroatoms. The number of carbonyl (C=O) groups excluding carboxylic acids is 1. The van der Waals surface area contributed by atoms with E-state index in [1.54, 1.807) is 0 Å². The second kappa shape index (κ2) is 19.4. The van der Waals surface area contributed by atoms with Crippen LogP contribution in [0, 0.1) is 11.8 Å². The average Bonchev–Trinajstić information content (AvgIpc) is 3.60. The average molecular weight is 849 g/mol. The van der Waals surface area contributed by atoms with Crippen LogP contribution in [0.3, 0.4) is 0 Å². The Morgan fingerprint density at radius 1 is 0.807 bits per heavy atom. The lowest BCUT2D eigenvalue weighted by Gasteiger charge is -2.56. The van der Waals surface area contributed by atoms with E-state index in [9.17, 15) is 4.79 Å². The van der Waals surface area contributed by atoms with Crippen molar-refractivity contribution in [2.75, 3.05) is 6.61 Å². The van der Waals surface area contributed by atoms with Crippen LogP contribution in [0.2, 0.25) is 54.4 Å². The zero-order valence-corrected chi connectivity index (χ0v) is 41.0. The second-order valence-electron chi connectivity index (χ2n) is 19.6. The molecule has 4 fully saturated rings. The largest absolute Gasteiger partial charge is 0.461 e. The molecule has 4 heterocycles. The van der Waals surface area contributed by atoms with Gasteiger partial charge in [0, 0.05) is 25.7 Å². The number of hydrogen-bond acceptors (Lipinski definition) is 9. The van der Waals surface area contributed by atoms with Gasteiger partial charge in [-0.15, -0.1) is 0 Å². The summed E-state index contributed by atoms with van der Waals surface area (Å²) in [5.41, 5.74) is 0.966. The molecular weight excluding hydrogens is 769 g/mol. The number of fused-ring (bicyclic) bond motifs is 2. The monoisotopic (exact) mass is 849 g/mol. The number of hydrogen-bond donors (Lipinski definition) is 0. The van der Waals surface area contributed by atoms with Crippen molar-refractivity contribution in [2.45, 2.75) is 224 Å². The zero-order valence-electron chi connectivity index (χ0n) is 38.0. The first kappa shape index (κ1) is 47.1. The van der Waals surface area contributed by atoms with Gasteiger partial charge in [-0.25, -0.2) is 0 Å². The van der Waals surface area contributed by atoms with Crippen LogP contribution in [-0.4, -0.2) is 92.1 Å². The lowest BCUT2D eigenvalue weighted by atomic mass is 9.78. The maximum atomic E-state index is 13.5. The lowest BCUT2D eigenvalue weighted by Crippen LogP contribution is -2.64. The van der Waals surface area contributed by atoms with Gasteiger partial charge in [0.2, 0.25) is 0 Å². The van der Waals surface area contributed by atoms with Crippen molar-refractivity contribution in [1.29, 1.82) is 0 Å². The van der Waals surface area contributed by atoms with Gasteiger partial charge in [0.1, 0.15) is 6.61 Å². The summed E-state index contributed by atoms with van der Waals surface area (Å²) in [4.78, 5) is 13.5. The fraction of sp³-hybridized carbons (Fsp3) is 0.844. The van der Waals surface area contributed by atoms with Gasteiger partial charge in [0.05, 0.1) is 61.9 Å². The zero-order chi connectivity index (χ0) is 41.8. The quantitative estimate of drug-likeness (QED) is 0.106. The van der Waals surface area contributed by atoms with E-state index in [1.165, 1.54) is 0 Å². The molecule has 1 spiro atoms. The summed E-state index contributed by atoms with van der Waals surface area (Å²) in [5, 5.41) is 0.110. The van der Waals surface area contributed by atoms with Crippen molar-refractivity contribution in [2.24, 2.45) is 11.8 Å². The van der Waals surface area contributed by atoms with Crippen molar-refractivity contribution in [3.63, 3.8) is 0 Å². The Kier molecular flexibility index (Phi) is 16.0. The highest BCUT2D eigenvalue weighted by molar-refractivity contribution is 6.74. The predicted molar refractivity (Wildman–Crippen MR) is 235 cm³/mol. The van der Waals surface area contributed by atoms with Crippen LogP contribution in [0.1, 0.15) is 114 Å². The van der Waals surface area contributed by atoms with E-state index in [4.69, 9.17) is 37.0 Å². The normalized spacial score (nSPS) is 32.8. The molecule has 0 N–H and O–H groups in total. The molecule has 326 valence electrons. The van der Waals surface area contributed by atoms with Gasteiger partial charge < -0.3 is 37.0 Å². The summed E-state index contributed by atoms with van der Waals surface area (Å²) in [6, 6.07) is 16.2. The van der Waals surface area contributed by atoms with E-state index < -0.39 is 36.8 Å². The molecule has 4 aliphatic rings. The number of rotatable bonds is 18. The summed E-state index contributed by atoms with van der Waals surface area (Å²) in [6.07, 6.45) is 1.83. The van der Waals surface area contributed by atoms with Gasteiger partial charge in [-0.2, -0.15) is 0 Å². The topological polar surface area (TPSA) is 90.9 Å². The number of benzene rings is 1. The number of esters is 1. The minimum Gasteiger partial charge on any atom is -0.461 e. The van der Waals surface area contributed by atoms with Crippen molar-refractivity contribution in [3.05, 3.63) is 35.9 Å². The Bertz CT molecular complexity index is 1400. The van der Waals surface area contributed by atoms with Crippen molar-refractivity contribution in [1.82, 2.24) is 0 Å². The SMILES string of the molecule is CC[Si](CC)(CC)OC(CO[Si](C)(C)C(C)(C)C)C1C[C@H]2O[C@@H]3[C@H](C[C@H]2O1)O[C@]1(C[C@H](C)C(O[Si](CC)(CC)CC)[C@H](CC(=O)OCc2ccccc2)O1)C[C@@H]3C. The fourth-order valence-electron chi connectivity index (χ4n) is 9.75. The minimum absolute atomic E-state index is 0.0115. The lowest BCUT2D eigenvalue weighted by molar-refractivity contribution is -0.372. The van der Waals surface area contributed by atoms with Gasteiger partial charge in [-0.3, -0.25) is 4.79 Å². The van der Waals surface area contributed by atoms with E-state index in [0.717, 1.165) is 54.7 Å². The van der Waals surface area contributed by atoms with Crippen LogP contribution >= 0.6 is 0 Å². The molecule has 0 amide bonds. The Hall–Kier alpha value is -0.939. The maximum absolute atomic E-state index is 13.5. The Morgan fingerprint density at radius 3 is 2.00 bits per heavy atom. The van der Waals surface area contributed by atoms with Crippen LogP contribution in [0.15, 0.2) is 30.3 Å². The van der Waals surface area contributed by atoms with E-state index >= 15 is 0 Å². The molecule has 0 aromatic heterocycles. The van der Waals surface area contributed by atoms with Crippen molar-refractivity contribution >= 4 is 30.9 Å². The first-order valence-electron chi connectivity index (χ1n) is 22.8. The Balaban J connectivity index is 1.33. The molecule has 0 saturated carbocycles. The van der Waals surface area contributed by atoms with Gasteiger partial charge in [-0.1, -0.05) is 106 Å². The molecule has 4 saturated heterocycles. The molecule has 0 bridgehead atoms. The molecule has 0 aliphatic carbocycles. The Labute approximate surface area is 349 Å². The molecule has 9 nitrogen and oxygen atoms in total. The maximum Gasteiger partial charge on any atom is 0.308 e. The molecule has 1 aromatic rings. The summed E-state index contributed by atoms with van der Waals surface area (Å²) in [5.74, 6) is -0.784. The van der Waals surface area contributed by atoms with Crippen LogP contribution in [0.4, 0.5) is 0 Å². The van der Waals surface area contributed by atoms with Crippen molar-refractivity contribution < 1.29 is 41.8 Å². The van der Waals surface area contributed by atoms with Crippen LogP contribution in [0.5, 0.6) is 0 Å². The van der Waals surface area contributed by atoms with Gasteiger partial charge in [0.15, 0.2) is 30.7 Å².